The Hall–Kier alpha value is -1.20. The number of piperidine rings is 1. The van der Waals surface area contributed by atoms with Crippen molar-refractivity contribution >= 4 is 55.8 Å². The number of nitrogens with zero attached hydrogens (tertiary/aromatic N) is 3. The van der Waals surface area contributed by atoms with Crippen molar-refractivity contribution < 1.29 is 13.2 Å². The molecule has 0 aliphatic carbocycles. The Morgan fingerprint density at radius 1 is 1.34 bits per heavy atom. The van der Waals surface area contributed by atoms with Crippen LogP contribution in [-0.2, 0) is 20.6 Å². The fourth-order valence-corrected chi connectivity index (χ4v) is 6.48. The number of benzene rings is 1. The fraction of sp³-hybridized carbons (Fsp3) is 0.500. The summed E-state index contributed by atoms with van der Waals surface area (Å²) in [6.07, 6.45) is 2.01. The first kappa shape index (κ1) is 22.5. The molecule has 1 saturated heterocycles. The van der Waals surface area contributed by atoms with Crippen LogP contribution in [0.1, 0.15) is 31.7 Å². The van der Waals surface area contributed by atoms with Crippen molar-refractivity contribution in [3.63, 3.8) is 0 Å². The summed E-state index contributed by atoms with van der Waals surface area (Å²) in [6, 6.07) is 6.86. The van der Waals surface area contributed by atoms with Crippen LogP contribution in [0.4, 0.5) is 5.13 Å². The van der Waals surface area contributed by atoms with Gasteiger partial charge in [0, 0.05) is 29.8 Å². The number of hydrogen-bond acceptors (Lipinski definition) is 7. The van der Waals surface area contributed by atoms with Crippen LogP contribution in [0.25, 0.3) is 0 Å². The number of thioether (sulfide) groups is 1. The molecule has 0 spiro atoms. The largest absolute Gasteiger partial charge is 0.300 e. The van der Waals surface area contributed by atoms with Crippen LogP contribution in [0.2, 0.25) is 5.02 Å². The van der Waals surface area contributed by atoms with Crippen molar-refractivity contribution in [1.82, 2.24) is 14.5 Å². The molecular weight excluding hydrogens is 452 g/mol. The van der Waals surface area contributed by atoms with E-state index in [-0.39, 0.29) is 17.6 Å². The van der Waals surface area contributed by atoms with E-state index in [0.29, 0.717) is 41.6 Å². The Balaban J connectivity index is 1.51. The van der Waals surface area contributed by atoms with E-state index in [1.807, 2.05) is 0 Å². The van der Waals surface area contributed by atoms with Crippen molar-refractivity contribution in [3.05, 3.63) is 34.9 Å². The number of anilines is 1. The molecule has 0 bridgehead atoms. The summed E-state index contributed by atoms with van der Waals surface area (Å²) in [5, 5.41) is 11.9. The molecule has 0 atom stereocenters. The average Bonchev–Trinajstić information content (AvgIpc) is 3.13. The first-order chi connectivity index (χ1) is 13.9. The molecule has 1 aliphatic heterocycles. The summed E-state index contributed by atoms with van der Waals surface area (Å²) in [5.74, 6) is 0.515. The molecule has 1 N–H and O–H groups in total. The molecule has 2 aromatic rings. The Morgan fingerprint density at radius 3 is 2.79 bits per heavy atom. The minimum Gasteiger partial charge on any atom is -0.300 e. The van der Waals surface area contributed by atoms with Gasteiger partial charge in [0.1, 0.15) is 0 Å². The van der Waals surface area contributed by atoms with Gasteiger partial charge < -0.3 is 5.32 Å². The summed E-state index contributed by atoms with van der Waals surface area (Å²) in [7, 11) is -3.45. The highest BCUT2D eigenvalue weighted by Crippen LogP contribution is 2.28. The summed E-state index contributed by atoms with van der Waals surface area (Å²) in [4.78, 5) is 12.5. The molecule has 1 aliphatic rings. The Bertz CT molecular complexity index is 943. The monoisotopic (exact) mass is 474 g/mol. The van der Waals surface area contributed by atoms with Crippen LogP contribution in [-0.4, -0.2) is 47.7 Å². The minimum absolute atomic E-state index is 0.0899. The number of sulfonamides is 1. The van der Waals surface area contributed by atoms with E-state index in [1.165, 1.54) is 15.6 Å². The predicted molar refractivity (Wildman–Crippen MR) is 118 cm³/mol. The second kappa shape index (κ2) is 10.2. The van der Waals surface area contributed by atoms with Gasteiger partial charge in [-0.2, -0.15) is 0 Å². The number of hydrogen-bond donors (Lipinski definition) is 1. The third kappa shape index (κ3) is 6.39. The lowest BCUT2D eigenvalue weighted by Crippen LogP contribution is -2.41. The molecule has 0 radical (unpaired) electrons. The summed E-state index contributed by atoms with van der Waals surface area (Å²) >= 11 is 8.93. The van der Waals surface area contributed by atoms with Crippen molar-refractivity contribution in [3.8, 4) is 0 Å². The van der Waals surface area contributed by atoms with Crippen LogP contribution in [0.15, 0.2) is 28.6 Å². The molecule has 158 valence electrons. The van der Waals surface area contributed by atoms with Gasteiger partial charge in [0.15, 0.2) is 4.34 Å². The fourth-order valence-electron chi connectivity index (χ4n) is 3.04. The summed E-state index contributed by atoms with van der Waals surface area (Å²) in [6.45, 7) is 2.75. The minimum atomic E-state index is -3.45. The normalized spacial score (nSPS) is 16.1. The van der Waals surface area contributed by atoms with Gasteiger partial charge in [-0.05, 0) is 37.0 Å². The second-order valence-corrected chi connectivity index (χ2v) is 11.5. The molecule has 2 heterocycles. The highest BCUT2D eigenvalue weighted by Gasteiger charge is 2.31. The molecule has 3 rings (SSSR count). The molecule has 1 aromatic carbocycles. The van der Waals surface area contributed by atoms with E-state index in [1.54, 1.807) is 36.0 Å². The first-order valence-corrected chi connectivity index (χ1v) is 13.2. The second-order valence-electron chi connectivity index (χ2n) is 6.77. The molecule has 11 heteroatoms. The van der Waals surface area contributed by atoms with E-state index < -0.39 is 10.0 Å². The molecule has 1 aromatic heterocycles. The van der Waals surface area contributed by atoms with Gasteiger partial charge in [-0.15, -0.1) is 10.2 Å². The maximum absolute atomic E-state index is 12.7. The van der Waals surface area contributed by atoms with E-state index in [2.05, 4.69) is 22.4 Å². The predicted octanol–water partition coefficient (Wildman–Crippen LogP) is 3.87. The zero-order valence-corrected chi connectivity index (χ0v) is 19.2. The highest BCUT2D eigenvalue weighted by atomic mass is 35.5. The van der Waals surface area contributed by atoms with Gasteiger partial charge in [-0.3, -0.25) is 4.79 Å². The Morgan fingerprint density at radius 2 is 2.10 bits per heavy atom. The van der Waals surface area contributed by atoms with Gasteiger partial charge in [0.05, 0.1) is 5.75 Å². The quantitative estimate of drug-likeness (QED) is 0.461. The van der Waals surface area contributed by atoms with Crippen LogP contribution in [0.3, 0.4) is 0 Å². The molecule has 7 nitrogen and oxygen atoms in total. The lowest BCUT2D eigenvalue weighted by Gasteiger charge is -2.30. The zero-order chi connectivity index (χ0) is 20.9. The van der Waals surface area contributed by atoms with Crippen LogP contribution in [0.5, 0.6) is 0 Å². The molecule has 0 saturated carbocycles. The lowest BCUT2D eigenvalue weighted by molar-refractivity contribution is -0.120. The number of carbonyl (C=O) groups is 1. The Kier molecular flexibility index (Phi) is 7.92. The van der Waals surface area contributed by atoms with Gasteiger partial charge in [0.2, 0.25) is 21.1 Å². The van der Waals surface area contributed by atoms with E-state index in [4.69, 9.17) is 11.6 Å². The third-order valence-electron chi connectivity index (χ3n) is 4.52. The van der Waals surface area contributed by atoms with Crippen molar-refractivity contribution in [2.75, 3.05) is 24.2 Å². The lowest BCUT2D eigenvalue weighted by atomic mass is 9.97. The van der Waals surface area contributed by atoms with Crippen molar-refractivity contribution in [2.24, 2.45) is 5.92 Å². The number of aromatic nitrogens is 2. The molecule has 29 heavy (non-hydrogen) atoms. The molecule has 1 fully saturated rings. The van der Waals surface area contributed by atoms with E-state index in [9.17, 15) is 13.2 Å². The summed E-state index contributed by atoms with van der Waals surface area (Å²) < 4.78 is 27.7. The van der Waals surface area contributed by atoms with E-state index in [0.717, 1.165) is 16.5 Å². The number of halogens is 1. The number of carbonyl (C=O) groups excluding carboxylic acids is 1. The standard InChI is InChI=1S/C18H23ClN4O3S3/c1-2-10-27-18-22-21-17(28-18)20-16(24)14-6-8-23(9-7-14)29(25,26)12-13-4-3-5-15(19)11-13/h3-5,11,14H,2,6-10,12H2,1H3,(H,20,21,24). The van der Waals surface area contributed by atoms with Gasteiger partial charge in [0.25, 0.3) is 0 Å². The molecule has 1 amide bonds. The smallest absolute Gasteiger partial charge is 0.229 e. The zero-order valence-electron chi connectivity index (χ0n) is 16.0. The maximum Gasteiger partial charge on any atom is 0.229 e. The molecular formula is C18H23ClN4O3S3. The Labute approximate surface area is 184 Å². The summed E-state index contributed by atoms with van der Waals surface area (Å²) in [5.41, 5.74) is 0.658. The number of nitrogens with one attached hydrogen (secondary N) is 1. The van der Waals surface area contributed by atoms with Crippen LogP contribution in [0, 0.1) is 5.92 Å². The van der Waals surface area contributed by atoms with Crippen molar-refractivity contribution in [2.45, 2.75) is 36.3 Å². The topological polar surface area (TPSA) is 92.3 Å². The first-order valence-electron chi connectivity index (χ1n) is 9.37. The number of rotatable bonds is 8. The van der Waals surface area contributed by atoms with Crippen LogP contribution < -0.4 is 5.32 Å². The third-order valence-corrected chi connectivity index (χ3v) is 8.79. The number of amides is 1. The SMILES string of the molecule is CCCSc1nnc(NC(=O)C2CCN(S(=O)(=O)Cc3cccc(Cl)c3)CC2)s1. The van der Waals surface area contributed by atoms with E-state index >= 15 is 0 Å². The van der Waals surface area contributed by atoms with Crippen LogP contribution >= 0.6 is 34.7 Å². The van der Waals surface area contributed by atoms with Gasteiger partial charge >= 0.3 is 0 Å². The average molecular weight is 475 g/mol. The maximum atomic E-state index is 12.7. The molecule has 0 unspecified atom stereocenters. The highest BCUT2D eigenvalue weighted by molar-refractivity contribution is 8.01. The van der Waals surface area contributed by atoms with Gasteiger partial charge in [-0.1, -0.05) is 53.8 Å². The van der Waals surface area contributed by atoms with Crippen molar-refractivity contribution in [1.29, 1.82) is 0 Å². The van der Waals surface area contributed by atoms with Gasteiger partial charge in [-0.25, -0.2) is 12.7 Å².